The molecular formula is C14H24N2O. The van der Waals surface area contributed by atoms with Crippen molar-refractivity contribution in [3.8, 4) is 11.8 Å². The van der Waals surface area contributed by atoms with Crippen LogP contribution in [0.5, 0.6) is 0 Å². The van der Waals surface area contributed by atoms with Crippen LogP contribution in [0.2, 0.25) is 0 Å². The third-order valence-corrected chi connectivity index (χ3v) is 4.30. The minimum atomic E-state index is 0.190. The van der Waals surface area contributed by atoms with E-state index in [1.807, 2.05) is 6.92 Å². The average Bonchev–Trinajstić information content (AvgIpc) is 2.87. The number of hydrogen-bond donors (Lipinski definition) is 1. The molecule has 96 valence electrons. The minimum Gasteiger partial charge on any atom is -0.379 e. The summed E-state index contributed by atoms with van der Waals surface area (Å²) in [4.78, 5) is 2.57. The van der Waals surface area contributed by atoms with Crippen LogP contribution < -0.4 is 5.73 Å². The van der Waals surface area contributed by atoms with Gasteiger partial charge in [-0.1, -0.05) is 12.8 Å². The van der Waals surface area contributed by atoms with Gasteiger partial charge in [-0.25, -0.2) is 0 Å². The zero-order valence-electron chi connectivity index (χ0n) is 10.9. The van der Waals surface area contributed by atoms with E-state index in [0.717, 1.165) is 32.7 Å². The molecule has 2 rings (SSSR count). The molecular weight excluding hydrogens is 212 g/mol. The first-order valence-electron chi connectivity index (χ1n) is 6.77. The largest absolute Gasteiger partial charge is 0.379 e. The second kappa shape index (κ2) is 5.86. The molecule has 1 atom stereocenters. The molecule has 0 bridgehead atoms. The van der Waals surface area contributed by atoms with Crippen LogP contribution in [0.25, 0.3) is 0 Å². The van der Waals surface area contributed by atoms with E-state index in [9.17, 15) is 0 Å². The van der Waals surface area contributed by atoms with Crippen molar-refractivity contribution in [3.05, 3.63) is 0 Å². The van der Waals surface area contributed by atoms with Gasteiger partial charge in [-0.15, -0.1) is 11.8 Å². The van der Waals surface area contributed by atoms with Crippen LogP contribution in [0.15, 0.2) is 0 Å². The Morgan fingerprint density at radius 3 is 2.53 bits per heavy atom. The molecule has 0 amide bonds. The van der Waals surface area contributed by atoms with Gasteiger partial charge in [-0.2, -0.15) is 0 Å². The van der Waals surface area contributed by atoms with Crippen molar-refractivity contribution in [2.45, 2.75) is 50.6 Å². The number of nitrogens with zero attached hydrogens (tertiary/aromatic N) is 1. The second-order valence-corrected chi connectivity index (χ2v) is 5.15. The normalized spacial score (nSPS) is 26.2. The Hall–Kier alpha value is -0.560. The zero-order chi connectivity index (χ0) is 12.1. The monoisotopic (exact) mass is 236 g/mol. The van der Waals surface area contributed by atoms with Gasteiger partial charge >= 0.3 is 0 Å². The van der Waals surface area contributed by atoms with Crippen molar-refractivity contribution in [2.75, 3.05) is 26.3 Å². The van der Waals surface area contributed by atoms with Gasteiger partial charge in [0.2, 0.25) is 0 Å². The Morgan fingerprint density at radius 2 is 1.94 bits per heavy atom. The molecule has 1 heterocycles. The van der Waals surface area contributed by atoms with Crippen molar-refractivity contribution < 1.29 is 4.74 Å². The van der Waals surface area contributed by atoms with Crippen molar-refractivity contribution in [1.82, 2.24) is 4.90 Å². The van der Waals surface area contributed by atoms with Gasteiger partial charge in [0.05, 0.1) is 13.2 Å². The van der Waals surface area contributed by atoms with Crippen LogP contribution in [0.3, 0.4) is 0 Å². The van der Waals surface area contributed by atoms with E-state index in [1.165, 1.54) is 25.7 Å². The van der Waals surface area contributed by atoms with Crippen molar-refractivity contribution >= 4 is 0 Å². The van der Waals surface area contributed by atoms with Gasteiger partial charge in [0, 0.05) is 31.1 Å². The van der Waals surface area contributed by atoms with Crippen LogP contribution in [0.1, 0.15) is 39.0 Å². The second-order valence-electron chi connectivity index (χ2n) is 5.15. The predicted octanol–water partition coefficient (Wildman–Crippen LogP) is 1.37. The molecule has 0 radical (unpaired) electrons. The highest BCUT2D eigenvalue weighted by Crippen LogP contribution is 2.38. The van der Waals surface area contributed by atoms with Crippen LogP contribution >= 0.6 is 0 Å². The van der Waals surface area contributed by atoms with Gasteiger partial charge in [0.25, 0.3) is 0 Å². The first kappa shape index (κ1) is 12.9. The highest BCUT2D eigenvalue weighted by Gasteiger charge is 2.44. The third-order valence-electron chi connectivity index (χ3n) is 4.30. The SMILES string of the molecule is CC#CCC(N)C1(N2CCOCC2)CCCC1. The molecule has 0 aromatic heterocycles. The number of morpholine rings is 1. The first-order chi connectivity index (χ1) is 8.29. The Bertz CT molecular complexity index is 293. The summed E-state index contributed by atoms with van der Waals surface area (Å²) in [5, 5.41) is 0. The molecule has 1 unspecified atom stereocenters. The highest BCUT2D eigenvalue weighted by molar-refractivity contribution is 5.08. The molecule has 17 heavy (non-hydrogen) atoms. The van der Waals surface area contributed by atoms with Gasteiger partial charge in [-0.3, -0.25) is 4.90 Å². The molecule has 1 saturated carbocycles. The molecule has 0 aromatic carbocycles. The maximum absolute atomic E-state index is 6.45. The molecule has 1 saturated heterocycles. The summed E-state index contributed by atoms with van der Waals surface area (Å²) in [7, 11) is 0. The highest BCUT2D eigenvalue weighted by atomic mass is 16.5. The van der Waals surface area contributed by atoms with Crippen LogP contribution in [0, 0.1) is 11.8 Å². The molecule has 0 spiro atoms. The smallest absolute Gasteiger partial charge is 0.0594 e. The van der Waals surface area contributed by atoms with Crippen LogP contribution in [-0.4, -0.2) is 42.8 Å². The molecule has 2 N–H and O–H groups in total. The molecule has 2 aliphatic rings. The van der Waals surface area contributed by atoms with E-state index >= 15 is 0 Å². The maximum atomic E-state index is 6.45. The van der Waals surface area contributed by atoms with Crippen LogP contribution in [0.4, 0.5) is 0 Å². The van der Waals surface area contributed by atoms with E-state index in [1.54, 1.807) is 0 Å². The maximum Gasteiger partial charge on any atom is 0.0594 e. The van der Waals surface area contributed by atoms with Gasteiger partial charge in [-0.05, 0) is 19.8 Å². The van der Waals surface area contributed by atoms with E-state index < -0.39 is 0 Å². The fourth-order valence-corrected chi connectivity index (χ4v) is 3.32. The quantitative estimate of drug-likeness (QED) is 0.752. The Balaban J connectivity index is 2.09. The van der Waals surface area contributed by atoms with Gasteiger partial charge in [0.1, 0.15) is 0 Å². The Kier molecular flexibility index (Phi) is 4.44. The number of nitrogens with two attached hydrogens (primary N) is 1. The van der Waals surface area contributed by atoms with Crippen molar-refractivity contribution in [2.24, 2.45) is 5.73 Å². The first-order valence-corrected chi connectivity index (χ1v) is 6.77. The molecule has 1 aliphatic heterocycles. The molecule has 1 aliphatic carbocycles. The average molecular weight is 236 g/mol. The molecule has 2 fully saturated rings. The lowest BCUT2D eigenvalue weighted by Gasteiger charge is -2.46. The zero-order valence-corrected chi connectivity index (χ0v) is 10.9. The van der Waals surface area contributed by atoms with Gasteiger partial charge < -0.3 is 10.5 Å². The summed E-state index contributed by atoms with van der Waals surface area (Å²) in [6.45, 7) is 5.67. The summed E-state index contributed by atoms with van der Waals surface area (Å²) in [6, 6.07) is 0.190. The van der Waals surface area contributed by atoms with Crippen molar-refractivity contribution in [3.63, 3.8) is 0 Å². The topological polar surface area (TPSA) is 38.5 Å². The molecule has 3 heteroatoms. The van der Waals surface area contributed by atoms with E-state index in [2.05, 4.69) is 16.7 Å². The fourth-order valence-electron chi connectivity index (χ4n) is 3.32. The molecule has 0 aromatic rings. The number of ether oxygens (including phenoxy) is 1. The lowest BCUT2D eigenvalue weighted by Crippen LogP contribution is -2.61. The standard InChI is InChI=1S/C14H24N2O/c1-2-3-6-13(15)14(7-4-5-8-14)16-9-11-17-12-10-16/h13H,4-12,15H2,1H3. The summed E-state index contributed by atoms with van der Waals surface area (Å²) in [6.07, 6.45) is 5.92. The van der Waals surface area contributed by atoms with E-state index in [4.69, 9.17) is 10.5 Å². The van der Waals surface area contributed by atoms with E-state index in [-0.39, 0.29) is 11.6 Å². The third kappa shape index (κ3) is 2.65. The van der Waals surface area contributed by atoms with Gasteiger partial charge in [0.15, 0.2) is 0 Å². The Labute approximate surface area is 105 Å². The lowest BCUT2D eigenvalue weighted by molar-refractivity contribution is -0.0300. The molecule has 3 nitrogen and oxygen atoms in total. The Morgan fingerprint density at radius 1 is 1.29 bits per heavy atom. The summed E-state index contributed by atoms with van der Waals surface area (Å²) in [5.74, 6) is 6.12. The summed E-state index contributed by atoms with van der Waals surface area (Å²) >= 11 is 0. The predicted molar refractivity (Wildman–Crippen MR) is 69.6 cm³/mol. The summed E-state index contributed by atoms with van der Waals surface area (Å²) in [5.41, 5.74) is 6.65. The lowest BCUT2D eigenvalue weighted by atomic mass is 9.84. The van der Waals surface area contributed by atoms with E-state index in [0.29, 0.717) is 0 Å². The fraction of sp³-hybridized carbons (Fsp3) is 0.857. The number of hydrogen-bond acceptors (Lipinski definition) is 3. The summed E-state index contributed by atoms with van der Waals surface area (Å²) < 4.78 is 5.45. The van der Waals surface area contributed by atoms with Crippen molar-refractivity contribution in [1.29, 1.82) is 0 Å². The number of rotatable bonds is 3. The minimum absolute atomic E-state index is 0.190. The van der Waals surface area contributed by atoms with Crippen LogP contribution in [-0.2, 0) is 4.74 Å².